The van der Waals surface area contributed by atoms with Crippen molar-refractivity contribution in [2.24, 2.45) is 11.7 Å². The highest BCUT2D eigenvalue weighted by Gasteiger charge is 2.26. The number of likely N-dealkylation sites (tertiary alicyclic amines) is 1. The van der Waals surface area contributed by atoms with Gasteiger partial charge in [0.05, 0.1) is 6.61 Å². The molecule has 7 nitrogen and oxygen atoms in total. The number of thioether (sulfide) groups is 1. The molecule has 2 aliphatic heterocycles. The number of nitrogens with two attached hydrogens (primary N) is 1. The number of hydrogen-bond donors (Lipinski definition) is 2. The van der Waals surface area contributed by atoms with E-state index >= 15 is 0 Å². The van der Waals surface area contributed by atoms with Gasteiger partial charge in [-0.25, -0.2) is 0 Å². The van der Waals surface area contributed by atoms with Crippen molar-refractivity contribution in [1.29, 1.82) is 0 Å². The van der Waals surface area contributed by atoms with Crippen molar-refractivity contribution in [3.63, 3.8) is 0 Å². The van der Waals surface area contributed by atoms with E-state index in [1.54, 1.807) is 34.6 Å². The van der Waals surface area contributed by atoms with Crippen molar-refractivity contribution in [2.75, 3.05) is 30.8 Å². The van der Waals surface area contributed by atoms with Gasteiger partial charge in [-0.05, 0) is 37.1 Å². The van der Waals surface area contributed by atoms with Crippen LogP contribution in [0.5, 0.6) is 0 Å². The lowest BCUT2D eigenvalue weighted by Gasteiger charge is -2.30. The normalized spacial score (nSPS) is 17.8. The maximum absolute atomic E-state index is 12.5. The fourth-order valence-corrected chi connectivity index (χ4v) is 3.55. The highest BCUT2D eigenvalue weighted by atomic mass is 32.2. The second-order valence-electron chi connectivity index (χ2n) is 6.20. The van der Waals surface area contributed by atoms with Crippen LogP contribution in [0.4, 0.5) is 5.69 Å². The minimum Gasteiger partial charge on any atom is -0.487 e. The van der Waals surface area contributed by atoms with E-state index in [0.29, 0.717) is 49.5 Å². The van der Waals surface area contributed by atoms with Crippen LogP contribution in [0.15, 0.2) is 35.4 Å². The molecule has 0 unspecified atom stereocenters. The predicted octanol–water partition coefficient (Wildman–Crippen LogP) is 1.57. The highest BCUT2D eigenvalue weighted by molar-refractivity contribution is 8.02. The number of nitrogens with zero attached hydrogens (tertiary/aromatic N) is 1. The van der Waals surface area contributed by atoms with E-state index in [-0.39, 0.29) is 23.6 Å². The van der Waals surface area contributed by atoms with E-state index in [2.05, 4.69) is 5.32 Å². The van der Waals surface area contributed by atoms with Gasteiger partial charge in [0.1, 0.15) is 0 Å². The Hall–Kier alpha value is -2.48. The Morgan fingerprint density at radius 1 is 1.15 bits per heavy atom. The van der Waals surface area contributed by atoms with Crippen molar-refractivity contribution < 1.29 is 19.1 Å². The number of carbonyl (C=O) groups excluding carboxylic acids is 3. The van der Waals surface area contributed by atoms with Crippen LogP contribution in [0, 0.1) is 5.92 Å². The van der Waals surface area contributed by atoms with Crippen LogP contribution in [0.3, 0.4) is 0 Å². The van der Waals surface area contributed by atoms with Crippen LogP contribution < -0.4 is 11.1 Å². The molecule has 0 bridgehead atoms. The standard InChI is InChI=1S/C18H21N3O4S/c19-16(22)12-5-7-21(8-6-12)18(24)13-1-3-14(4-2-13)20-17(23)15-11-26-10-9-25-15/h1-4,11-12H,5-10H2,(H2,19,22)(H,20,23). The van der Waals surface area contributed by atoms with E-state index in [1.165, 1.54) is 11.8 Å². The van der Waals surface area contributed by atoms with Gasteiger partial charge in [-0.3, -0.25) is 14.4 Å². The van der Waals surface area contributed by atoms with E-state index in [9.17, 15) is 14.4 Å². The summed E-state index contributed by atoms with van der Waals surface area (Å²) in [7, 11) is 0. The summed E-state index contributed by atoms with van der Waals surface area (Å²) < 4.78 is 5.31. The first-order valence-electron chi connectivity index (χ1n) is 8.49. The zero-order valence-electron chi connectivity index (χ0n) is 14.3. The van der Waals surface area contributed by atoms with Gasteiger partial charge in [-0.2, -0.15) is 0 Å². The summed E-state index contributed by atoms with van der Waals surface area (Å²) >= 11 is 1.54. The van der Waals surface area contributed by atoms with Gasteiger partial charge in [0.25, 0.3) is 11.8 Å². The first-order valence-corrected chi connectivity index (χ1v) is 9.54. The number of carbonyl (C=O) groups is 3. The third-order valence-corrected chi connectivity index (χ3v) is 5.23. The summed E-state index contributed by atoms with van der Waals surface area (Å²) in [6.07, 6.45) is 1.20. The summed E-state index contributed by atoms with van der Waals surface area (Å²) in [5, 5.41) is 4.45. The van der Waals surface area contributed by atoms with Gasteiger partial charge in [-0.1, -0.05) is 0 Å². The topological polar surface area (TPSA) is 102 Å². The van der Waals surface area contributed by atoms with E-state index < -0.39 is 0 Å². The Kier molecular flexibility index (Phi) is 5.82. The number of amides is 3. The lowest BCUT2D eigenvalue weighted by Crippen LogP contribution is -2.41. The molecule has 1 aromatic carbocycles. The quantitative estimate of drug-likeness (QED) is 0.832. The van der Waals surface area contributed by atoms with Crippen molar-refractivity contribution in [2.45, 2.75) is 12.8 Å². The number of ether oxygens (including phenoxy) is 1. The Morgan fingerprint density at radius 3 is 2.42 bits per heavy atom. The predicted molar refractivity (Wildman–Crippen MR) is 99.4 cm³/mol. The molecular formula is C18H21N3O4S. The zero-order chi connectivity index (χ0) is 18.5. The molecule has 26 heavy (non-hydrogen) atoms. The van der Waals surface area contributed by atoms with E-state index in [1.807, 2.05) is 0 Å². The van der Waals surface area contributed by atoms with Gasteiger partial charge in [0.15, 0.2) is 5.76 Å². The fraction of sp³-hybridized carbons (Fsp3) is 0.389. The molecule has 1 fully saturated rings. The van der Waals surface area contributed by atoms with Crippen LogP contribution in [0.1, 0.15) is 23.2 Å². The molecule has 0 atom stereocenters. The minimum atomic E-state index is -0.301. The van der Waals surface area contributed by atoms with Gasteiger partial charge < -0.3 is 20.7 Å². The van der Waals surface area contributed by atoms with Gasteiger partial charge in [0.2, 0.25) is 5.91 Å². The summed E-state index contributed by atoms with van der Waals surface area (Å²) in [6.45, 7) is 1.56. The Balaban J connectivity index is 1.57. The Morgan fingerprint density at radius 2 is 1.85 bits per heavy atom. The van der Waals surface area contributed by atoms with E-state index in [4.69, 9.17) is 10.5 Å². The maximum Gasteiger partial charge on any atom is 0.291 e. The van der Waals surface area contributed by atoms with Crippen molar-refractivity contribution in [3.8, 4) is 0 Å². The molecule has 2 heterocycles. The van der Waals surface area contributed by atoms with Crippen molar-refractivity contribution >= 4 is 35.2 Å². The molecule has 2 aliphatic rings. The lowest BCUT2D eigenvalue weighted by atomic mass is 9.96. The number of hydrogen-bond acceptors (Lipinski definition) is 5. The number of rotatable bonds is 4. The van der Waals surface area contributed by atoms with Gasteiger partial charge in [0, 0.05) is 41.4 Å². The van der Waals surface area contributed by atoms with Crippen LogP contribution in [0.25, 0.3) is 0 Å². The summed E-state index contributed by atoms with van der Waals surface area (Å²) in [4.78, 5) is 37.6. The number of anilines is 1. The number of benzene rings is 1. The molecule has 3 N–H and O–H groups in total. The third-order valence-electron chi connectivity index (χ3n) is 4.45. The Bertz CT molecular complexity index is 724. The minimum absolute atomic E-state index is 0.0829. The average molecular weight is 375 g/mol. The Labute approximate surface area is 155 Å². The lowest BCUT2D eigenvalue weighted by molar-refractivity contribution is -0.123. The summed E-state index contributed by atoms with van der Waals surface area (Å²) in [5.41, 5.74) is 6.46. The first kappa shape index (κ1) is 18.3. The molecule has 3 rings (SSSR count). The van der Waals surface area contributed by atoms with Crippen LogP contribution >= 0.6 is 11.8 Å². The highest BCUT2D eigenvalue weighted by Crippen LogP contribution is 2.20. The second-order valence-corrected chi connectivity index (χ2v) is 7.18. The fourth-order valence-electron chi connectivity index (χ4n) is 2.93. The smallest absolute Gasteiger partial charge is 0.291 e. The zero-order valence-corrected chi connectivity index (χ0v) is 15.1. The third kappa shape index (κ3) is 4.37. The maximum atomic E-state index is 12.5. The van der Waals surface area contributed by atoms with Crippen LogP contribution in [-0.2, 0) is 14.3 Å². The van der Waals surface area contributed by atoms with Crippen LogP contribution in [0.2, 0.25) is 0 Å². The monoisotopic (exact) mass is 375 g/mol. The van der Waals surface area contributed by atoms with Crippen molar-refractivity contribution in [1.82, 2.24) is 4.90 Å². The van der Waals surface area contributed by atoms with Gasteiger partial charge >= 0.3 is 0 Å². The summed E-state index contributed by atoms with van der Waals surface area (Å²) in [5.74, 6) is 0.312. The SMILES string of the molecule is NC(=O)C1CCN(C(=O)c2ccc(NC(=O)C3=CSCCO3)cc2)CC1. The molecule has 3 amide bonds. The van der Waals surface area contributed by atoms with E-state index in [0.717, 1.165) is 5.75 Å². The summed E-state index contributed by atoms with van der Waals surface area (Å²) in [6, 6.07) is 6.75. The molecular weight excluding hydrogens is 354 g/mol. The number of piperidine rings is 1. The average Bonchev–Trinajstić information content (AvgIpc) is 2.69. The first-order chi connectivity index (χ1) is 12.5. The molecule has 138 valence electrons. The number of nitrogens with one attached hydrogen (secondary N) is 1. The van der Waals surface area contributed by atoms with Crippen LogP contribution in [-0.4, -0.2) is 48.1 Å². The molecule has 1 aromatic rings. The van der Waals surface area contributed by atoms with Gasteiger partial charge in [-0.15, -0.1) is 11.8 Å². The molecule has 1 saturated heterocycles. The molecule has 0 spiro atoms. The largest absolute Gasteiger partial charge is 0.487 e. The molecule has 0 saturated carbocycles. The molecule has 8 heteroatoms. The molecule has 0 aliphatic carbocycles. The second kappa shape index (κ2) is 8.27. The van der Waals surface area contributed by atoms with Crippen molar-refractivity contribution in [3.05, 3.63) is 41.0 Å². The molecule has 0 aromatic heterocycles. The molecule has 0 radical (unpaired) electrons. The number of primary amides is 1.